The van der Waals surface area contributed by atoms with Crippen molar-refractivity contribution in [2.75, 3.05) is 5.32 Å². The summed E-state index contributed by atoms with van der Waals surface area (Å²) in [5, 5.41) is 36.2. The largest absolute Gasteiger partial charge is 0.481 e. The van der Waals surface area contributed by atoms with Gasteiger partial charge >= 0.3 is 12.0 Å². The van der Waals surface area contributed by atoms with Gasteiger partial charge in [-0.1, -0.05) is 18.2 Å². The zero-order valence-electron chi connectivity index (χ0n) is 17.1. The highest BCUT2D eigenvalue weighted by molar-refractivity contribution is 5.99. The second kappa shape index (κ2) is 10.5. The molecule has 0 bridgehead atoms. The first-order valence-corrected chi connectivity index (χ1v) is 9.55. The van der Waals surface area contributed by atoms with Crippen molar-refractivity contribution in [2.24, 2.45) is 5.73 Å². The minimum Gasteiger partial charge on any atom is -0.481 e. The van der Waals surface area contributed by atoms with Crippen LogP contribution in [0.1, 0.15) is 30.1 Å². The molecule has 0 aliphatic heterocycles. The number of carbonyl (C=O) groups is 5. The van der Waals surface area contributed by atoms with E-state index in [9.17, 15) is 34.2 Å². The number of ketones is 1. The van der Waals surface area contributed by atoms with Crippen molar-refractivity contribution < 1.29 is 39.3 Å². The van der Waals surface area contributed by atoms with Gasteiger partial charge < -0.3 is 37.0 Å². The lowest BCUT2D eigenvalue weighted by Crippen LogP contribution is -2.53. The molecule has 1 aliphatic rings. The number of hydrogen-bond acceptors (Lipinski definition) is 7. The predicted molar refractivity (Wildman–Crippen MR) is 110 cm³/mol. The van der Waals surface area contributed by atoms with Gasteiger partial charge in [0.1, 0.15) is 12.1 Å². The number of nitrogens with two attached hydrogens (primary N) is 1. The highest BCUT2D eigenvalue weighted by atomic mass is 16.4. The number of aliphatic hydroxyl groups is 2. The zero-order valence-corrected chi connectivity index (χ0v) is 17.1. The molecule has 0 fully saturated rings. The molecule has 1 aromatic rings. The number of amides is 4. The quantitative estimate of drug-likeness (QED) is 0.242. The Kier molecular flexibility index (Phi) is 8.04. The topological polar surface area (TPSA) is 208 Å². The maximum absolute atomic E-state index is 12.4. The number of carboxylic acid groups (broad SMARTS) is 1. The number of benzene rings is 1. The monoisotopic (exact) mass is 448 g/mol. The molecular formula is C20H24N4O8. The molecule has 1 aromatic carbocycles. The van der Waals surface area contributed by atoms with Crippen molar-refractivity contribution in [3.05, 3.63) is 41.5 Å². The highest BCUT2D eigenvalue weighted by Crippen LogP contribution is 2.20. The smallest absolute Gasteiger partial charge is 0.319 e. The first-order chi connectivity index (χ1) is 15.0. The maximum atomic E-state index is 12.4. The number of carboxylic acids is 1. The van der Waals surface area contributed by atoms with Crippen LogP contribution in [0.3, 0.4) is 0 Å². The van der Waals surface area contributed by atoms with Crippen LogP contribution in [0.15, 0.2) is 35.9 Å². The number of aliphatic hydroxyl groups excluding tert-OH is 2. The van der Waals surface area contributed by atoms with Crippen LogP contribution >= 0.6 is 0 Å². The fourth-order valence-corrected chi connectivity index (χ4v) is 3.05. The van der Waals surface area contributed by atoms with Crippen LogP contribution in [0, 0.1) is 0 Å². The summed E-state index contributed by atoms with van der Waals surface area (Å²) < 4.78 is 0. The van der Waals surface area contributed by atoms with Crippen LogP contribution in [0.5, 0.6) is 0 Å². The Labute approximate surface area is 182 Å². The van der Waals surface area contributed by atoms with E-state index in [1.54, 1.807) is 18.2 Å². The van der Waals surface area contributed by atoms with E-state index in [2.05, 4.69) is 16.0 Å². The third-order valence-corrected chi connectivity index (χ3v) is 4.72. The second-order valence-corrected chi connectivity index (χ2v) is 7.24. The Balaban J connectivity index is 2.12. The van der Waals surface area contributed by atoms with Gasteiger partial charge in [0.2, 0.25) is 11.8 Å². The van der Waals surface area contributed by atoms with E-state index in [1.165, 1.54) is 19.1 Å². The molecule has 0 unspecified atom stereocenters. The lowest BCUT2D eigenvalue weighted by atomic mass is 9.90. The van der Waals surface area contributed by atoms with Gasteiger partial charge in [-0.15, -0.1) is 0 Å². The number of carbonyl (C=O) groups excluding carboxylic acids is 4. The molecule has 0 spiro atoms. The van der Waals surface area contributed by atoms with E-state index >= 15 is 0 Å². The van der Waals surface area contributed by atoms with E-state index in [-0.39, 0.29) is 17.8 Å². The fraction of sp³-hybridized carbons (Fsp3) is 0.350. The molecule has 8 N–H and O–H groups in total. The van der Waals surface area contributed by atoms with E-state index < -0.39 is 54.5 Å². The summed E-state index contributed by atoms with van der Waals surface area (Å²) in [7, 11) is 0. The second-order valence-electron chi connectivity index (χ2n) is 7.24. The predicted octanol–water partition coefficient (Wildman–Crippen LogP) is -1.12. The third kappa shape index (κ3) is 6.62. The number of anilines is 1. The lowest BCUT2D eigenvalue weighted by molar-refractivity contribution is -0.140. The number of hydrogen-bond donors (Lipinski definition) is 7. The molecule has 0 aromatic heterocycles. The van der Waals surface area contributed by atoms with Crippen LogP contribution in [-0.2, 0) is 14.4 Å². The number of urea groups is 1. The highest BCUT2D eigenvalue weighted by Gasteiger charge is 2.34. The first-order valence-electron chi connectivity index (χ1n) is 9.55. The molecule has 32 heavy (non-hydrogen) atoms. The van der Waals surface area contributed by atoms with Crippen molar-refractivity contribution in [3.63, 3.8) is 0 Å². The molecule has 0 radical (unpaired) electrons. The summed E-state index contributed by atoms with van der Waals surface area (Å²) in [5.41, 5.74) is 5.70. The Hall–Kier alpha value is -3.77. The Morgan fingerprint density at radius 3 is 2.47 bits per heavy atom. The Bertz CT molecular complexity index is 961. The maximum Gasteiger partial charge on any atom is 0.319 e. The average Bonchev–Trinajstić information content (AvgIpc) is 2.70. The number of rotatable bonds is 8. The van der Waals surface area contributed by atoms with Gasteiger partial charge in [0.05, 0.1) is 18.6 Å². The van der Waals surface area contributed by atoms with Gasteiger partial charge in [0.15, 0.2) is 5.78 Å². The number of nitrogens with one attached hydrogen (secondary N) is 3. The van der Waals surface area contributed by atoms with E-state index in [1.807, 2.05) is 0 Å². The molecule has 172 valence electrons. The van der Waals surface area contributed by atoms with Crippen LogP contribution in [0.25, 0.3) is 0 Å². The van der Waals surface area contributed by atoms with Crippen LogP contribution in [0.2, 0.25) is 0 Å². The molecular weight excluding hydrogens is 424 g/mol. The summed E-state index contributed by atoms with van der Waals surface area (Å²) >= 11 is 0. The van der Waals surface area contributed by atoms with E-state index in [4.69, 9.17) is 10.8 Å². The molecule has 0 saturated carbocycles. The van der Waals surface area contributed by atoms with Gasteiger partial charge in [-0.05, 0) is 19.1 Å². The lowest BCUT2D eigenvalue weighted by Gasteiger charge is -2.31. The first kappa shape index (κ1) is 24.5. The van der Waals surface area contributed by atoms with Gasteiger partial charge in [-0.2, -0.15) is 0 Å². The standard InChI is InChI=1S/C20H24N4O8/c1-9(25)10-3-2-4-12(5-10)22-20(32)24-13-6-11(7-15(26)17(13)29)19(31)23-14(18(21)30)8-16(27)28/h2-6,13-15,17,26,29H,7-8H2,1H3,(H2,21,30)(H,23,31)(H,27,28)(H2,22,24,32)/t13-,14-,15-,17-/m1/s1. The summed E-state index contributed by atoms with van der Waals surface area (Å²) in [5.74, 6) is -3.48. The summed E-state index contributed by atoms with van der Waals surface area (Å²) in [6.07, 6.45) is -2.70. The van der Waals surface area contributed by atoms with Crippen molar-refractivity contribution in [1.29, 1.82) is 0 Å². The summed E-state index contributed by atoms with van der Waals surface area (Å²) in [4.78, 5) is 58.4. The zero-order chi connectivity index (χ0) is 24.0. The summed E-state index contributed by atoms with van der Waals surface area (Å²) in [6.45, 7) is 1.37. The van der Waals surface area contributed by atoms with Crippen molar-refractivity contribution in [3.8, 4) is 0 Å². The van der Waals surface area contributed by atoms with Crippen LogP contribution in [0.4, 0.5) is 10.5 Å². The molecule has 0 heterocycles. The van der Waals surface area contributed by atoms with E-state index in [0.29, 0.717) is 11.3 Å². The minimum absolute atomic E-state index is 0.0803. The summed E-state index contributed by atoms with van der Waals surface area (Å²) in [6, 6.07) is 2.70. The van der Waals surface area contributed by atoms with E-state index in [0.717, 1.165) is 0 Å². The average molecular weight is 448 g/mol. The van der Waals surface area contributed by atoms with Crippen molar-refractivity contribution >= 4 is 35.3 Å². The van der Waals surface area contributed by atoms with Gasteiger partial charge in [0, 0.05) is 23.2 Å². The number of primary amides is 1. The molecule has 1 aliphatic carbocycles. The molecule has 12 nitrogen and oxygen atoms in total. The minimum atomic E-state index is -1.48. The molecule has 4 atom stereocenters. The number of Topliss-reactive ketones (excluding diaryl/α,β-unsaturated/α-hetero) is 1. The van der Waals surface area contributed by atoms with Crippen LogP contribution < -0.4 is 21.7 Å². The normalized spacial score (nSPS) is 21.0. The molecule has 0 saturated heterocycles. The molecule has 2 rings (SSSR count). The Morgan fingerprint density at radius 1 is 1.19 bits per heavy atom. The van der Waals surface area contributed by atoms with Crippen molar-refractivity contribution in [2.45, 2.75) is 44.1 Å². The SMILES string of the molecule is CC(=O)c1cccc(NC(=O)N[C@@H]2C=C(C(=O)N[C@H](CC(=O)O)C(N)=O)C[C@@H](O)[C@@H]2O)c1. The molecule has 4 amide bonds. The van der Waals surface area contributed by atoms with Crippen LogP contribution in [-0.4, -0.2) is 69.2 Å². The van der Waals surface area contributed by atoms with Gasteiger partial charge in [-0.3, -0.25) is 19.2 Å². The van der Waals surface area contributed by atoms with Crippen molar-refractivity contribution in [1.82, 2.24) is 10.6 Å². The molecule has 12 heteroatoms. The van der Waals surface area contributed by atoms with Gasteiger partial charge in [-0.25, -0.2) is 4.79 Å². The number of aliphatic carboxylic acids is 1. The Morgan fingerprint density at radius 2 is 1.88 bits per heavy atom. The fourth-order valence-electron chi connectivity index (χ4n) is 3.05. The van der Waals surface area contributed by atoms with Gasteiger partial charge in [0.25, 0.3) is 0 Å². The third-order valence-electron chi connectivity index (χ3n) is 4.72.